The number of carbonyl (C=O) groups excluding carboxylic acids is 2. The van der Waals surface area contributed by atoms with E-state index < -0.39 is 59.4 Å². The second-order valence-electron chi connectivity index (χ2n) is 9.99. The van der Waals surface area contributed by atoms with Crippen molar-refractivity contribution in [1.29, 1.82) is 0 Å². The van der Waals surface area contributed by atoms with Gasteiger partial charge in [-0.25, -0.2) is 17.9 Å². The number of rotatable bonds is 17. The predicted molar refractivity (Wildman–Crippen MR) is 147 cm³/mol. The number of para-hydroxylation sites is 1. The second-order valence-corrected chi connectivity index (χ2v) is 13.5. The van der Waals surface area contributed by atoms with Crippen LogP contribution in [-0.2, 0) is 34.5 Å². The Labute approximate surface area is 236 Å². The molecule has 0 bridgehead atoms. The van der Waals surface area contributed by atoms with Crippen molar-refractivity contribution in [3.05, 3.63) is 34.4 Å². The number of hydrogen-bond acceptors (Lipinski definition) is 10. The van der Waals surface area contributed by atoms with Crippen LogP contribution in [0, 0.1) is 10.1 Å². The molecule has 228 valence electrons. The summed E-state index contributed by atoms with van der Waals surface area (Å²) >= 11 is 0. The molecule has 1 aromatic rings. The van der Waals surface area contributed by atoms with Crippen LogP contribution < -0.4 is 9.44 Å². The predicted octanol–water partition coefficient (Wildman–Crippen LogP) is 3.24. The molecule has 1 atom stereocenters. The van der Waals surface area contributed by atoms with Gasteiger partial charge >= 0.3 is 22.3 Å². The maximum Gasteiger partial charge on any atom is 0.422 e. The first-order valence-corrected chi connectivity index (χ1v) is 15.8. The number of hydrogen-bond donors (Lipinski definition) is 2. The molecule has 2 N–H and O–H groups in total. The third-order valence-electron chi connectivity index (χ3n) is 5.46. The minimum absolute atomic E-state index is 0.0417. The highest BCUT2D eigenvalue weighted by Crippen LogP contribution is 2.23. The average molecular weight is 609 g/mol. The van der Waals surface area contributed by atoms with Gasteiger partial charge in [0.1, 0.15) is 11.6 Å². The van der Waals surface area contributed by atoms with Gasteiger partial charge in [-0.05, 0) is 46.6 Å². The van der Waals surface area contributed by atoms with E-state index in [1.807, 2.05) is 4.72 Å². The molecular weight excluding hydrogens is 568 g/mol. The van der Waals surface area contributed by atoms with Gasteiger partial charge in [-0.15, -0.1) is 0 Å². The smallest absolute Gasteiger partial charge is 0.422 e. The van der Waals surface area contributed by atoms with Crippen LogP contribution in [0.2, 0.25) is 0 Å². The molecule has 0 aromatic heterocycles. The Morgan fingerprint density at radius 2 is 1.60 bits per heavy atom. The highest BCUT2D eigenvalue weighted by molar-refractivity contribution is 7.89. The number of ether oxygens (including phenoxy) is 2. The molecule has 0 aliphatic rings. The maximum absolute atomic E-state index is 12.8. The van der Waals surface area contributed by atoms with E-state index >= 15 is 0 Å². The Morgan fingerprint density at radius 1 is 1.02 bits per heavy atom. The Hall–Kier alpha value is -2.82. The van der Waals surface area contributed by atoms with Crippen molar-refractivity contribution in [1.82, 2.24) is 13.7 Å². The van der Waals surface area contributed by atoms with Crippen LogP contribution in [0.25, 0.3) is 0 Å². The van der Waals surface area contributed by atoms with Crippen LogP contribution in [0.3, 0.4) is 0 Å². The van der Waals surface area contributed by atoms with E-state index in [9.17, 15) is 36.5 Å². The lowest BCUT2D eigenvalue weighted by molar-refractivity contribution is -0.387. The van der Waals surface area contributed by atoms with Crippen LogP contribution in [0.5, 0.6) is 0 Å². The van der Waals surface area contributed by atoms with E-state index in [0.717, 1.165) is 29.3 Å². The lowest BCUT2D eigenvalue weighted by Gasteiger charge is -2.22. The number of sulfonamides is 1. The minimum Gasteiger partial charge on any atom is -0.465 e. The monoisotopic (exact) mass is 608 g/mol. The number of carbonyl (C=O) groups is 2. The molecule has 0 heterocycles. The summed E-state index contributed by atoms with van der Waals surface area (Å²) < 4.78 is 65.2. The van der Waals surface area contributed by atoms with Gasteiger partial charge in [0, 0.05) is 19.7 Å². The number of unbranched alkanes of at least 4 members (excludes halogenated alkanes) is 5. The number of nitrogens with zero attached hydrogens (tertiary/aromatic N) is 2. The van der Waals surface area contributed by atoms with Gasteiger partial charge in [0.25, 0.3) is 5.69 Å². The molecular formula is C24H40N4O10S2. The summed E-state index contributed by atoms with van der Waals surface area (Å²) in [6.07, 6.45) is 3.00. The van der Waals surface area contributed by atoms with E-state index in [-0.39, 0.29) is 19.6 Å². The summed E-state index contributed by atoms with van der Waals surface area (Å²) in [5.74, 6) is -0.770. The summed E-state index contributed by atoms with van der Waals surface area (Å²) in [7, 11) is -7.04. The zero-order valence-electron chi connectivity index (χ0n) is 23.5. The Bertz CT molecular complexity index is 1210. The minimum atomic E-state index is -4.37. The zero-order valence-corrected chi connectivity index (χ0v) is 25.2. The summed E-state index contributed by atoms with van der Waals surface area (Å²) in [5, 5.41) is 11.3. The molecule has 0 radical (unpaired) electrons. The first-order chi connectivity index (χ1) is 18.5. The van der Waals surface area contributed by atoms with Crippen LogP contribution in [0.4, 0.5) is 10.5 Å². The van der Waals surface area contributed by atoms with Crippen molar-refractivity contribution in [3.8, 4) is 0 Å². The van der Waals surface area contributed by atoms with Crippen molar-refractivity contribution in [2.75, 3.05) is 20.2 Å². The number of benzene rings is 1. The third-order valence-corrected chi connectivity index (χ3v) is 8.40. The van der Waals surface area contributed by atoms with E-state index in [4.69, 9.17) is 9.47 Å². The Kier molecular flexibility index (Phi) is 13.9. The van der Waals surface area contributed by atoms with Gasteiger partial charge < -0.3 is 9.47 Å². The van der Waals surface area contributed by atoms with Crippen LogP contribution in [-0.4, -0.2) is 70.0 Å². The average Bonchev–Trinajstić information content (AvgIpc) is 2.83. The summed E-state index contributed by atoms with van der Waals surface area (Å²) in [6, 6.07) is 3.65. The fourth-order valence-corrected chi connectivity index (χ4v) is 5.71. The van der Waals surface area contributed by atoms with Gasteiger partial charge in [0.2, 0.25) is 10.0 Å². The second kappa shape index (κ2) is 15.8. The molecule has 1 rings (SSSR count). The molecule has 16 heteroatoms. The van der Waals surface area contributed by atoms with Crippen LogP contribution >= 0.6 is 0 Å². The van der Waals surface area contributed by atoms with Crippen LogP contribution in [0.1, 0.15) is 72.6 Å². The molecule has 0 aliphatic heterocycles. The lowest BCUT2D eigenvalue weighted by Crippen LogP contribution is -2.44. The third kappa shape index (κ3) is 12.6. The van der Waals surface area contributed by atoms with Crippen molar-refractivity contribution in [2.24, 2.45) is 0 Å². The van der Waals surface area contributed by atoms with E-state index in [2.05, 4.69) is 4.72 Å². The largest absolute Gasteiger partial charge is 0.465 e. The topological polar surface area (TPSA) is 191 Å². The number of nitrogens with one attached hydrogen (secondary N) is 2. The molecule has 0 spiro atoms. The SMILES string of the molecule is CCOC(=O)[C@H](CCCCCCCCN(C)S(=O)(=O)NC(=O)OC(C)(C)C)NS(=O)(=O)c1ccccc1[N+](=O)[O-]. The zero-order chi connectivity index (χ0) is 30.6. The highest BCUT2D eigenvalue weighted by Gasteiger charge is 2.31. The van der Waals surface area contributed by atoms with E-state index in [1.54, 1.807) is 27.7 Å². The summed E-state index contributed by atoms with van der Waals surface area (Å²) in [5.41, 5.74) is -1.43. The number of nitro benzene ring substituents is 1. The van der Waals surface area contributed by atoms with E-state index in [1.165, 1.54) is 19.2 Å². The normalized spacial score (nSPS) is 13.1. The van der Waals surface area contributed by atoms with Gasteiger partial charge in [0.05, 0.1) is 11.5 Å². The van der Waals surface area contributed by atoms with Gasteiger partial charge in [-0.2, -0.15) is 17.4 Å². The number of nitro groups is 1. The first-order valence-electron chi connectivity index (χ1n) is 12.9. The Balaban J connectivity index is 2.53. The lowest BCUT2D eigenvalue weighted by atomic mass is 10.1. The fourth-order valence-electron chi connectivity index (χ4n) is 3.55. The summed E-state index contributed by atoms with van der Waals surface area (Å²) in [6.45, 7) is 6.68. The molecule has 0 fully saturated rings. The first kappa shape index (κ1) is 35.2. The molecule has 14 nitrogen and oxygen atoms in total. The van der Waals surface area contributed by atoms with Crippen molar-refractivity contribution < 1.29 is 40.8 Å². The molecule has 1 amide bonds. The van der Waals surface area contributed by atoms with Gasteiger partial charge in [-0.3, -0.25) is 14.9 Å². The molecule has 40 heavy (non-hydrogen) atoms. The fraction of sp³-hybridized carbons (Fsp3) is 0.667. The van der Waals surface area contributed by atoms with Gasteiger partial charge in [-0.1, -0.05) is 44.2 Å². The molecule has 1 aromatic carbocycles. The molecule has 0 aliphatic carbocycles. The van der Waals surface area contributed by atoms with Crippen LogP contribution in [0.15, 0.2) is 29.2 Å². The highest BCUT2D eigenvalue weighted by atomic mass is 32.2. The number of esters is 1. The number of amides is 1. The van der Waals surface area contributed by atoms with Crippen molar-refractivity contribution in [2.45, 2.75) is 89.2 Å². The standard InChI is InChI=1S/C24H40N4O10S2/c1-6-37-22(29)19(25-39(33,34)21-17-13-12-16-20(21)28(31)32)15-11-9-7-8-10-14-18-27(5)40(35,36)26-23(30)38-24(2,3)4/h12-13,16-17,19,25H,6-11,14-15,18H2,1-5H3,(H,26,30)/t19-/m0/s1. The molecule has 0 unspecified atom stereocenters. The quantitative estimate of drug-likeness (QED) is 0.115. The van der Waals surface area contributed by atoms with Crippen molar-refractivity contribution >= 4 is 38.0 Å². The molecule has 0 saturated carbocycles. The van der Waals surface area contributed by atoms with E-state index in [0.29, 0.717) is 25.7 Å². The Morgan fingerprint density at radius 3 is 2.17 bits per heavy atom. The van der Waals surface area contributed by atoms with Crippen molar-refractivity contribution in [3.63, 3.8) is 0 Å². The van der Waals surface area contributed by atoms with Gasteiger partial charge in [0.15, 0.2) is 4.90 Å². The summed E-state index contributed by atoms with van der Waals surface area (Å²) in [4.78, 5) is 34.0. The maximum atomic E-state index is 12.8. The molecule has 0 saturated heterocycles.